The van der Waals surface area contributed by atoms with E-state index in [1.807, 2.05) is 42.5 Å². The predicted molar refractivity (Wildman–Crippen MR) is 103 cm³/mol. The Morgan fingerprint density at radius 3 is 2.89 bits per heavy atom. The van der Waals surface area contributed by atoms with Gasteiger partial charge in [-0.3, -0.25) is 0 Å². The Kier molecular flexibility index (Phi) is 7.04. The molecule has 1 fully saturated rings. The maximum Gasteiger partial charge on any atom is 0.317 e. The standard InChI is InChI=1S/C21H27N3O3/c1-24(15-19-9-5-6-12-26-19)21(25)23-14-18-10-11-22-20(13-18)27-16-17-7-3-2-4-8-17/h2-4,7-8,10-11,13,19H,5-6,9,12,14-16H2,1H3,(H,23,25). The summed E-state index contributed by atoms with van der Waals surface area (Å²) >= 11 is 0. The topological polar surface area (TPSA) is 63.7 Å². The number of ether oxygens (including phenoxy) is 2. The lowest BCUT2D eigenvalue weighted by Gasteiger charge is -2.27. The largest absolute Gasteiger partial charge is 0.473 e. The summed E-state index contributed by atoms with van der Waals surface area (Å²) in [5.41, 5.74) is 2.04. The minimum absolute atomic E-state index is 0.104. The van der Waals surface area contributed by atoms with Crippen LogP contribution in [0.5, 0.6) is 5.88 Å². The molecule has 1 aromatic carbocycles. The molecule has 0 spiro atoms. The molecule has 1 aliphatic rings. The number of rotatable bonds is 7. The number of amides is 2. The second-order valence-corrected chi connectivity index (χ2v) is 6.80. The molecule has 2 heterocycles. The summed E-state index contributed by atoms with van der Waals surface area (Å²) in [7, 11) is 1.80. The molecular weight excluding hydrogens is 342 g/mol. The fourth-order valence-electron chi connectivity index (χ4n) is 3.02. The zero-order chi connectivity index (χ0) is 18.9. The van der Waals surface area contributed by atoms with Gasteiger partial charge < -0.3 is 19.7 Å². The highest BCUT2D eigenvalue weighted by molar-refractivity contribution is 5.73. The first kappa shape index (κ1) is 19.2. The highest BCUT2D eigenvalue weighted by atomic mass is 16.5. The summed E-state index contributed by atoms with van der Waals surface area (Å²) in [6, 6.07) is 13.6. The number of aromatic nitrogens is 1. The van der Waals surface area contributed by atoms with E-state index >= 15 is 0 Å². The number of likely N-dealkylation sites (N-methyl/N-ethyl adjacent to an activating group) is 1. The number of pyridine rings is 1. The van der Waals surface area contributed by atoms with Crippen molar-refractivity contribution in [3.05, 3.63) is 59.8 Å². The van der Waals surface area contributed by atoms with Gasteiger partial charge in [-0.25, -0.2) is 9.78 Å². The molecule has 1 saturated heterocycles. The molecule has 1 aliphatic heterocycles. The Labute approximate surface area is 160 Å². The van der Waals surface area contributed by atoms with Gasteiger partial charge in [0.2, 0.25) is 5.88 Å². The predicted octanol–water partition coefficient (Wildman–Crippen LogP) is 3.37. The van der Waals surface area contributed by atoms with Gasteiger partial charge in [0.05, 0.1) is 6.10 Å². The molecule has 1 aromatic heterocycles. The van der Waals surface area contributed by atoms with Gasteiger partial charge in [-0.05, 0) is 36.5 Å². The third-order valence-electron chi connectivity index (χ3n) is 4.57. The number of urea groups is 1. The van der Waals surface area contributed by atoms with Gasteiger partial charge in [-0.2, -0.15) is 0 Å². The lowest BCUT2D eigenvalue weighted by Crippen LogP contribution is -2.42. The molecule has 6 nitrogen and oxygen atoms in total. The van der Waals surface area contributed by atoms with E-state index in [1.165, 1.54) is 6.42 Å². The summed E-state index contributed by atoms with van der Waals surface area (Å²) < 4.78 is 11.4. The zero-order valence-electron chi connectivity index (χ0n) is 15.8. The van der Waals surface area contributed by atoms with Crippen molar-refractivity contribution in [2.75, 3.05) is 20.2 Å². The van der Waals surface area contributed by atoms with E-state index in [4.69, 9.17) is 9.47 Å². The van der Waals surface area contributed by atoms with Crippen LogP contribution in [0.25, 0.3) is 0 Å². The lowest BCUT2D eigenvalue weighted by atomic mass is 10.1. The van der Waals surface area contributed by atoms with Gasteiger partial charge in [0.15, 0.2) is 0 Å². The van der Waals surface area contributed by atoms with E-state index in [0.29, 0.717) is 25.6 Å². The van der Waals surface area contributed by atoms with E-state index in [9.17, 15) is 4.79 Å². The van der Waals surface area contributed by atoms with Crippen molar-refractivity contribution >= 4 is 6.03 Å². The van der Waals surface area contributed by atoms with Crippen molar-refractivity contribution in [2.24, 2.45) is 0 Å². The molecule has 1 atom stereocenters. The molecule has 1 N–H and O–H groups in total. The number of carbonyl (C=O) groups excluding carboxylic acids is 1. The number of hydrogen-bond acceptors (Lipinski definition) is 4. The molecule has 1 unspecified atom stereocenters. The van der Waals surface area contributed by atoms with E-state index in [2.05, 4.69) is 10.3 Å². The maximum absolute atomic E-state index is 12.3. The molecule has 2 amide bonds. The molecule has 0 saturated carbocycles. The van der Waals surface area contributed by atoms with Crippen LogP contribution in [0.3, 0.4) is 0 Å². The summed E-state index contributed by atoms with van der Waals surface area (Å²) in [5.74, 6) is 0.551. The van der Waals surface area contributed by atoms with Crippen LogP contribution >= 0.6 is 0 Å². The Bertz CT molecular complexity index is 718. The van der Waals surface area contributed by atoms with Gasteiger partial charge >= 0.3 is 6.03 Å². The Morgan fingerprint density at radius 1 is 1.26 bits per heavy atom. The molecule has 3 rings (SSSR count). The number of hydrogen-bond donors (Lipinski definition) is 1. The number of benzene rings is 1. The normalized spacial score (nSPS) is 16.6. The Balaban J connectivity index is 1.45. The van der Waals surface area contributed by atoms with Crippen LogP contribution in [0, 0.1) is 0 Å². The molecule has 27 heavy (non-hydrogen) atoms. The molecule has 0 bridgehead atoms. The molecule has 2 aromatic rings. The van der Waals surface area contributed by atoms with E-state index in [-0.39, 0.29) is 12.1 Å². The van der Waals surface area contributed by atoms with E-state index in [1.54, 1.807) is 18.1 Å². The Hall–Kier alpha value is -2.60. The monoisotopic (exact) mass is 369 g/mol. The van der Waals surface area contributed by atoms with Gasteiger partial charge in [0.25, 0.3) is 0 Å². The second kappa shape index (κ2) is 9.92. The number of carbonyl (C=O) groups is 1. The summed E-state index contributed by atoms with van der Waals surface area (Å²) in [5, 5.41) is 2.94. The van der Waals surface area contributed by atoms with Crippen LogP contribution in [0.1, 0.15) is 30.4 Å². The second-order valence-electron chi connectivity index (χ2n) is 6.80. The van der Waals surface area contributed by atoms with E-state index < -0.39 is 0 Å². The van der Waals surface area contributed by atoms with Crippen LogP contribution in [-0.2, 0) is 17.9 Å². The zero-order valence-corrected chi connectivity index (χ0v) is 15.8. The van der Waals surface area contributed by atoms with Gasteiger partial charge in [0.1, 0.15) is 6.61 Å². The minimum atomic E-state index is -0.104. The highest BCUT2D eigenvalue weighted by Gasteiger charge is 2.18. The fraction of sp³-hybridized carbons (Fsp3) is 0.429. The average molecular weight is 369 g/mol. The van der Waals surface area contributed by atoms with Crippen LogP contribution in [0.2, 0.25) is 0 Å². The quantitative estimate of drug-likeness (QED) is 0.813. The molecular formula is C21H27N3O3. The molecule has 0 aliphatic carbocycles. The summed E-state index contributed by atoms with van der Waals surface area (Å²) in [6.45, 7) is 2.31. The summed E-state index contributed by atoms with van der Waals surface area (Å²) in [4.78, 5) is 18.2. The third-order valence-corrected chi connectivity index (χ3v) is 4.57. The Morgan fingerprint density at radius 2 is 2.11 bits per heavy atom. The van der Waals surface area contributed by atoms with E-state index in [0.717, 1.165) is 30.6 Å². The van der Waals surface area contributed by atoms with Crippen molar-refractivity contribution < 1.29 is 14.3 Å². The molecule has 6 heteroatoms. The first-order valence-electron chi connectivity index (χ1n) is 9.43. The maximum atomic E-state index is 12.3. The SMILES string of the molecule is CN(CC1CCCCO1)C(=O)NCc1ccnc(OCc2ccccc2)c1. The van der Waals surface area contributed by atoms with Crippen LogP contribution < -0.4 is 10.1 Å². The molecule has 0 radical (unpaired) electrons. The van der Waals surface area contributed by atoms with Crippen molar-refractivity contribution in [3.63, 3.8) is 0 Å². The average Bonchev–Trinajstić information content (AvgIpc) is 2.72. The van der Waals surface area contributed by atoms with Crippen LogP contribution in [-0.4, -0.2) is 42.2 Å². The van der Waals surface area contributed by atoms with Crippen molar-refractivity contribution in [2.45, 2.75) is 38.5 Å². The lowest BCUT2D eigenvalue weighted by molar-refractivity contribution is 0.00385. The number of nitrogens with zero attached hydrogens (tertiary/aromatic N) is 2. The van der Waals surface area contributed by atoms with Crippen molar-refractivity contribution in [1.29, 1.82) is 0 Å². The van der Waals surface area contributed by atoms with Gasteiger partial charge in [0, 0.05) is 39.0 Å². The first-order chi connectivity index (χ1) is 13.2. The minimum Gasteiger partial charge on any atom is -0.473 e. The summed E-state index contributed by atoms with van der Waals surface area (Å²) in [6.07, 6.45) is 5.14. The highest BCUT2D eigenvalue weighted by Crippen LogP contribution is 2.14. The third kappa shape index (κ3) is 6.25. The van der Waals surface area contributed by atoms with Crippen LogP contribution in [0.15, 0.2) is 48.7 Å². The van der Waals surface area contributed by atoms with Gasteiger partial charge in [-0.1, -0.05) is 30.3 Å². The first-order valence-corrected chi connectivity index (χ1v) is 9.43. The van der Waals surface area contributed by atoms with Crippen molar-refractivity contribution in [3.8, 4) is 5.88 Å². The smallest absolute Gasteiger partial charge is 0.317 e. The molecule has 144 valence electrons. The fourth-order valence-corrected chi connectivity index (χ4v) is 3.02. The number of nitrogens with one attached hydrogen (secondary N) is 1. The van der Waals surface area contributed by atoms with Crippen LogP contribution in [0.4, 0.5) is 4.79 Å². The van der Waals surface area contributed by atoms with Gasteiger partial charge in [-0.15, -0.1) is 0 Å². The van der Waals surface area contributed by atoms with Crippen molar-refractivity contribution in [1.82, 2.24) is 15.2 Å².